The standard InChI is InChI=1S/C28H40NSi/c1-9-12-21(4)15-16-24-22(5)29-19-28(30(6,7)8)23(17-20(2)3)18-27(29)26-14-11-10-13-25(24)26/h9-14,18-20,22,24H,4,15-17H2,1-3,5-8H3/q+1/b12-9-. The van der Waals surface area contributed by atoms with Crippen molar-refractivity contribution in [1.82, 2.24) is 0 Å². The van der Waals surface area contributed by atoms with Crippen molar-refractivity contribution < 1.29 is 4.57 Å². The van der Waals surface area contributed by atoms with Crippen molar-refractivity contribution in [2.75, 3.05) is 0 Å². The van der Waals surface area contributed by atoms with Gasteiger partial charge in [0.2, 0.25) is 5.69 Å². The van der Waals surface area contributed by atoms with E-state index in [9.17, 15) is 0 Å². The van der Waals surface area contributed by atoms with Crippen LogP contribution in [0.15, 0.2) is 60.8 Å². The molecule has 1 aromatic heterocycles. The van der Waals surface area contributed by atoms with Gasteiger partial charge in [-0.2, -0.15) is 4.57 Å². The number of pyridine rings is 1. The van der Waals surface area contributed by atoms with Gasteiger partial charge in [0.25, 0.3) is 0 Å². The fraction of sp³-hybridized carbons (Fsp3) is 0.464. The van der Waals surface area contributed by atoms with Crippen LogP contribution < -0.4 is 9.75 Å². The molecule has 0 fully saturated rings. The fourth-order valence-corrected chi connectivity index (χ4v) is 6.67. The lowest BCUT2D eigenvalue weighted by molar-refractivity contribution is -0.714. The smallest absolute Gasteiger partial charge is 0.195 e. The molecule has 0 saturated heterocycles. The van der Waals surface area contributed by atoms with Crippen LogP contribution in [0.1, 0.15) is 63.6 Å². The first kappa shape index (κ1) is 22.7. The zero-order valence-electron chi connectivity index (χ0n) is 20.1. The first-order valence-corrected chi connectivity index (χ1v) is 15.1. The molecule has 2 atom stereocenters. The highest BCUT2D eigenvalue weighted by Crippen LogP contribution is 2.41. The third kappa shape index (κ3) is 4.69. The summed E-state index contributed by atoms with van der Waals surface area (Å²) < 4.78 is 2.60. The Morgan fingerprint density at radius 3 is 2.53 bits per heavy atom. The van der Waals surface area contributed by atoms with Crippen LogP contribution in [0.2, 0.25) is 19.6 Å². The van der Waals surface area contributed by atoms with Crippen LogP contribution in [0.3, 0.4) is 0 Å². The van der Waals surface area contributed by atoms with Gasteiger partial charge in [-0.15, -0.1) is 0 Å². The Kier molecular flexibility index (Phi) is 6.87. The van der Waals surface area contributed by atoms with Crippen LogP contribution in [0.5, 0.6) is 0 Å². The molecule has 3 rings (SSSR count). The van der Waals surface area contributed by atoms with Crippen LogP contribution >= 0.6 is 0 Å². The number of hydrogen-bond donors (Lipinski definition) is 0. The number of aromatic nitrogens is 1. The number of benzene rings is 1. The molecular weight excluding hydrogens is 378 g/mol. The van der Waals surface area contributed by atoms with Gasteiger partial charge in [0.05, 0.1) is 8.07 Å². The lowest BCUT2D eigenvalue weighted by Gasteiger charge is -2.31. The highest BCUT2D eigenvalue weighted by atomic mass is 28.3. The maximum absolute atomic E-state index is 4.25. The molecule has 0 radical (unpaired) electrons. The fourth-order valence-electron chi connectivity index (χ4n) is 5.01. The molecule has 2 aromatic rings. The van der Waals surface area contributed by atoms with Gasteiger partial charge in [0.1, 0.15) is 0 Å². The van der Waals surface area contributed by atoms with Gasteiger partial charge in [-0.25, -0.2) is 0 Å². The highest BCUT2D eigenvalue weighted by Gasteiger charge is 2.38. The van der Waals surface area contributed by atoms with E-state index in [-0.39, 0.29) is 0 Å². The summed E-state index contributed by atoms with van der Waals surface area (Å²) in [7, 11) is -1.44. The SMILES string of the molecule is C=C(/C=C\C)CCC1c2ccccc2-c2cc(CC(C)C)c([Si](C)(C)C)c[n+]2C1C. The molecule has 2 unspecified atom stereocenters. The molecule has 0 spiro atoms. The van der Waals surface area contributed by atoms with E-state index in [1.165, 1.54) is 22.4 Å². The van der Waals surface area contributed by atoms with Crippen molar-refractivity contribution in [3.8, 4) is 11.3 Å². The average Bonchev–Trinajstić information content (AvgIpc) is 2.66. The van der Waals surface area contributed by atoms with Gasteiger partial charge in [-0.05, 0) is 56.2 Å². The lowest BCUT2D eigenvalue weighted by Crippen LogP contribution is -2.53. The van der Waals surface area contributed by atoms with Crippen LogP contribution in [-0.2, 0) is 6.42 Å². The maximum atomic E-state index is 4.25. The minimum absolute atomic E-state index is 0.455. The Morgan fingerprint density at radius 2 is 1.90 bits per heavy atom. The lowest BCUT2D eigenvalue weighted by atomic mass is 9.80. The minimum Gasteiger partial charge on any atom is -0.195 e. The summed E-state index contributed by atoms with van der Waals surface area (Å²) in [5.41, 5.74) is 7.13. The van der Waals surface area contributed by atoms with Crippen molar-refractivity contribution >= 4 is 13.3 Å². The van der Waals surface area contributed by atoms with Crippen LogP contribution in [0, 0.1) is 5.92 Å². The predicted octanol–water partition coefficient (Wildman–Crippen LogP) is 6.96. The quantitative estimate of drug-likeness (QED) is 0.260. The second-order valence-corrected chi connectivity index (χ2v) is 15.5. The molecule has 2 heteroatoms. The third-order valence-corrected chi connectivity index (χ3v) is 8.54. The van der Waals surface area contributed by atoms with Gasteiger partial charge >= 0.3 is 0 Å². The number of rotatable bonds is 7. The van der Waals surface area contributed by atoms with E-state index >= 15 is 0 Å². The van der Waals surface area contributed by atoms with Crippen LogP contribution in [-0.4, -0.2) is 8.07 Å². The van der Waals surface area contributed by atoms with Crippen molar-refractivity contribution in [3.05, 3.63) is 72.0 Å². The molecule has 160 valence electrons. The summed E-state index contributed by atoms with van der Waals surface area (Å²) in [5.74, 6) is 1.19. The molecule has 1 aromatic carbocycles. The van der Waals surface area contributed by atoms with E-state index in [0.29, 0.717) is 17.9 Å². The molecule has 1 nitrogen and oxygen atoms in total. The topological polar surface area (TPSA) is 3.88 Å². The maximum Gasteiger partial charge on any atom is 0.213 e. The molecule has 0 aliphatic carbocycles. The number of nitrogens with zero attached hydrogens (tertiary/aromatic N) is 1. The molecule has 0 saturated carbocycles. The number of allylic oxidation sites excluding steroid dienone is 3. The zero-order chi connectivity index (χ0) is 22.1. The van der Waals surface area contributed by atoms with E-state index in [4.69, 9.17) is 0 Å². The molecule has 0 N–H and O–H groups in total. The van der Waals surface area contributed by atoms with E-state index in [1.54, 1.807) is 10.8 Å². The summed E-state index contributed by atoms with van der Waals surface area (Å²) >= 11 is 0. The zero-order valence-corrected chi connectivity index (χ0v) is 21.1. The Bertz CT molecular complexity index is 946. The van der Waals surface area contributed by atoms with Crippen molar-refractivity contribution in [2.45, 2.75) is 78.6 Å². The number of fused-ring (bicyclic) bond motifs is 3. The van der Waals surface area contributed by atoms with Gasteiger partial charge in [-0.3, -0.25) is 0 Å². The van der Waals surface area contributed by atoms with Crippen molar-refractivity contribution in [2.24, 2.45) is 5.92 Å². The van der Waals surface area contributed by atoms with Gasteiger partial charge in [0, 0.05) is 22.7 Å². The molecule has 1 aliphatic heterocycles. The third-order valence-electron chi connectivity index (χ3n) is 6.48. The first-order valence-electron chi connectivity index (χ1n) is 11.6. The summed E-state index contributed by atoms with van der Waals surface area (Å²) in [4.78, 5) is 0. The highest BCUT2D eigenvalue weighted by molar-refractivity contribution is 6.88. The average molecular weight is 419 g/mol. The second kappa shape index (κ2) is 9.06. The summed E-state index contributed by atoms with van der Waals surface area (Å²) in [6.07, 6.45) is 10.1. The van der Waals surface area contributed by atoms with Gasteiger partial charge < -0.3 is 0 Å². The van der Waals surface area contributed by atoms with E-state index in [0.717, 1.165) is 19.3 Å². The van der Waals surface area contributed by atoms with E-state index in [2.05, 4.69) is 107 Å². The molecule has 30 heavy (non-hydrogen) atoms. The molecular formula is C28H40NSi+. The Labute approximate surface area is 185 Å². The van der Waals surface area contributed by atoms with E-state index in [1.807, 2.05) is 0 Å². The molecule has 2 heterocycles. The second-order valence-electron chi connectivity index (χ2n) is 10.5. The van der Waals surface area contributed by atoms with Gasteiger partial charge in [0.15, 0.2) is 12.2 Å². The molecule has 1 aliphatic rings. The van der Waals surface area contributed by atoms with Gasteiger partial charge in [-0.1, -0.05) is 76.0 Å². The normalized spacial score (nSPS) is 18.5. The Hall–Kier alpha value is -1.93. The Morgan fingerprint density at radius 1 is 1.20 bits per heavy atom. The van der Waals surface area contributed by atoms with E-state index < -0.39 is 8.07 Å². The summed E-state index contributed by atoms with van der Waals surface area (Å²) in [6.45, 7) is 20.9. The number of hydrogen-bond acceptors (Lipinski definition) is 0. The monoisotopic (exact) mass is 418 g/mol. The molecule has 0 amide bonds. The van der Waals surface area contributed by atoms with Crippen LogP contribution in [0.4, 0.5) is 0 Å². The summed E-state index contributed by atoms with van der Waals surface area (Å²) in [5, 5.41) is 1.63. The minimum atomic E-state index is -1.44. The first-order chi connectivity index (χ1) is 14.1. The van der Waals surface area contributed by atoms with Crippen molar-refractivity contribution in [1.29, 1.82) is 0 Å². The van der Waals surface area contributed by atoms with Crippen molar-refractivity contribution in [3.63, 3.8) is 0 Å². The predicted molar refractivity (Wildman–Crippen MR) is 134 cm³/mol. The van der Waals surface area contributed by atoms with Crippen LogP contribution in [0.25, 0.3) is 11.3 Å². The summed E-state index contributed by atoms with van der Waals surface area (Å²) in [6, 6.07) is 12.1. The molecule has 0 bridgehead atoms. The largest absolute Gasteiger partial charge is 0.213 e. The Balaban J connectivity index is 2.12.